The van der Waals surface area contributed by atoms with Crippen LogP contribution >= 0.6 is 11.8 Å². The molecule has 3 aromatic rings. The van der Waals surface area contributed by atoms with Gasteiger partial charge in [-0.1, -0.05) is 48.2 Å². The highest BCUT2D eigenvalue weighted by Gasteiger charge is 2.25. The largest absolute Gasteiger partial charge is 0.348 e. The molecule has 6 heteroatoms. The van der Waals surface area contributed by atoms with E-state index in [2.05, 4.69) is 10.2 Å². The number of carbonyl (C=O) groups excluding carboxylic acids is 1. The van der Waals surface area contributed by atoms with E-state index in [4.69, 9.17) is 0 Å². The SMILES string of the molecule is CN(C)C(=O)C(Sc1nnc2ccccn12)c1ccccc1. The number of aromatic nitrogens is 3. The maximum absolute atomic E-state index is 12.6. The van der Waals surface area contributed by atoms with E-state index in [1.165, 1.54) is 11.8 Å². The highest BCUT2D eigenvalue weighted by molar-refractivity contribution is 8.00. The number of hydrogen-bond donors (Lipinski definition) is 0. The molecule has 0 fully saturated rings. The Balaban J connectivity index is 1.98. The molecule has 1 amide bonds. The molecule has 1 aromatic carbocycles. The van der Waals surface area contributed by atoms with Crippen molar-refractivity contribution in [2.75, 3.05) is 14.1 Å². The van der Waals surface area contributed by atoms with Crippen LogP contribution < -0.4 is 0 Å². The summed E-state index contributed by atoms with van der Waals surface area (Å²) >= 11 is 1.41. The average molecular weight is 312 g/mol. The zero-order valence-electron chi connectivity index (χ0n) is 12.4. The van der Waals surface area contributed by atoms with Gasteiger partial charge in [-0.25, -0.2) is 0 Å². The zero-order chi connectivity index (χ0) is 15.5. The molecule has 0 aliphatic heterocycles. The van der Waals surface area contributed by atoms with Crippen LogP contribution in [-0.4, -0.2) is 39.5 Å². The molecule has 22 heavy (non-hydrogen) atoms. The number of nitrogens with zero attached hydrogens (tertiary/aromatic N) is 4. The van der Waals surface area contributed by atoms with Gasteiger partial charge in [-0.15, -0.1) is 10.2 Å². The van der Waals surface area contributed by atoms with Crippen LogP contribution in [0.5, 0.6) is 0 Å². The molecule has 0 aliphatic rings. The highest BCUT2D eigenvalue weighted by atomic mass is 32.2. The molecule has 1 unspecified atom stereocenters. The van der Waals surface area contributed by atoms with E-state index >= 15 is 0 Å². The van der Waals surface area contributed by atoms with E-state index in [0.29, 0.717) is 5.16 Å². The second-order valence-electron chi connectivity index (χ2n) is 5.05. The van der Waals surface area contributed by atoms with Crippen molar-refractivity contribution in [3.8, 4) is 0 Å². The Morgan fingerprint density at radius 3 is 2.55 bits per heavy atom. The molecule has 0 N–H and O–H groups in total. The van der Waals surface area contributed by atoms with Crippen LogP contribution in [0.4, 0.5) is 0 Å². The molecule has 0 spiro atoms. The van der Waals surface area contributed by atoms with Gasteiger partial charge in [-0.3, -0.25) is 9.20 Å². The van der Waals surface area contributed by atoms with Crippen LogP contribution in [0.1, 0.15) is 10.8 Å². The fraction of sp³-hybridized carbons (Fsp3) is 0.188. The van der Waals surface area contributed by atoms with Gasteiger partial charge in [0.15, 0.2) is 10.8 Å². The van der Waals surface area contributed by atoms with E-state index in [-0.39, 0.29) is 11.2 Å². The number of fused-ring (bicyclic) bond motifs is 1. The third kappa shape index (κ3) is 2.82. The molecule has 0 bridgehead atoms. The summed E-state index contributed by atoms with van der Waals surface area (Å²) in [5.74, 6) is 0.0314. The average Bonchev–Trinajstić information content (AvgIpc) is 2.96. The van der Waals surface area contributed by atoms with Crippen molar-refractivity contribution >= 4 is 23.3 Å². The van der Waals surface area contributed by atoms with Gasteiger partial charge in [-0.05, 0) is 17.7 Å². The molecule has 2 aromatic heterocycles. The lowest BCUT2D eigenvalue weighted by Crippen LogP contribution is -2.26. The first-order chi connectivity index (χ1) is 10.7. The first kappa shape index (κ1) is 14.6. The summed E-state index contributed by atoms with van der Waals surface area (Å²) < 4.78 is 1.89. The van der Waals surface area contributed by atoms with Crippen LogP contribution in [0.15, 0.2) is 59.9 Å². The minimum atomic E-state index is -0.344. The van der Waals surface area contributed by atoms with E-state index in [1.54, 1.807) is 19.0 Å². The normalized spacial score (nSPS) is 12.3. The van der Waals surface area contributed by atoms with Crippen molar-refractivity contribution < 1.29 is 4.79 Å². The molecule has 112 valence electrons. The molecular formula is C16H16N4OS. The lowest BCUT2D eigenvalue weighted by Gasteiger charge is -2.19. The summed E-state index contributed by atoms with van der Waals surface area (Å²) in [6.07, 6.45) is 1.90. The van der Waals surface area contributed by atoms with Gasteiger partial charge < -0.3 is 4.90 Å². The summed E-state index contributed by atoms with van der Waals surface area (Å²) in [5.41, 5.74) is 1.73. The number of carbonyl (C=O) groups is 1. The fourth-order valence-corrected chi connectivity index (χ4v) is 3.30. The molecule has 0 aliphatic carbocycles. The minimum Gasteiger partial charge on any atom is -0.348 e. The predicted octanol–water partition coefficient (Wildman–Crippen LogP) is 2.65. The Morgan fingerprint density at radius 2 is 1.82 bits per heavy atom. The Labute approximate surface area is 133 Å². The summed E-state index contributed by atoms with van der Waals surface area (Å²) in [4.78, 5) is 14.2. The lowest BCUT2D eigenvalue weighted by atomic mass is 10.1. The quantitative estimate of drug-likeness (QED) is 0.695. The standard InChI is InChI=1S/C16H16N4OS/c1-19(2)15(21)14(12-8-4-3-5-9-12)22-16-18-17-13-10-6-7-11-20(13)16/h3-11,14H,1-2H3. The number of thioether (sulfide) groups is 1. The Bertz CT molecular complexity index is 785. The third-order valence-electron chi connectivity index (χ3n) is 3.27. The number of rotatable bonds is 4. The second kappa shape index (κ2) is 6.19. The first-order valence-electron chi connectivity index (χ1n) is 6.89. The van der Waals surface area contributed by atoms with Gasteiger partial charge >= 0.3 is 0 Å². The van der Waals surface area contributed by atoms with Gasteiger partial charge in [0.25, 0.3) is 0 Å². The molecule has 2 heterocycles. The molecule has 0 radical (unpaired) electrons. The van der Waals surface area contributed by atoms with Crippen LogP contribution in [0.25, 0.3) is 5.65 Å². The number of amides is 1. The van der Waals surface area contributed by atoms with Gasteiger partial charge in [0.2, 0.25) is 5.91 Å². The van der Waals surface area contributed by atoms with Crippen LogP contribution in [-0.2, 0) is 4.79 Å². The molecule has 1 atom stereocenters. The number of hydrogen-bond acceptors (Lipinski definition) is 4. The monoisotopic (exact) mass is 312 g/mol. The van der Waals surface area contributed by atoms with Crippen LogP contribution in [0, 0.1) is 0 Å². The van der Waals surface area contributed by atoms with Crippen molar-refractivity contribution in [2.45, 2.75) is 10.4 Å². The highest BCUT2D eigenvalue weighted by Crippen LogP contribution is 2.35. The van der Waals surface area contributed by atoms with Gasteiger partial charge in [-0.2, -0.15) is 0 Å². The molecule has 3 rings (SSSR count). The Morgan fingerprint density at radius 1 is 1.09 bits per heavy atom. The molecule has 0 saturated carbocycles. The lowest BCUT2D eigenvalue weighted by molar-refractivity contribution is -0.128. The van der Waals surface area contributed by atoms with E-state index in [9.17, 15) is 4.79 Å². The van der Waals surface area contributed by atoms with Crippen molar-refractivity contribution in [3.05, 3.63) is 60.3 Å². The molecular weight excluding hydrogens is 296 g/mol. The van der Waals surface area contributed by atoms with E-state index < -0.39 is 0 Å². The van der Waals surface area contributed by atoms with E-state index in [1.807, 2.05) is 59.1 Å². The third-order valence-corrected chi connectivity index (χ3v) is 4.47. The van der Waals surface area contributed by atoms with Crippen molar-refractivity contribution in [1.29, 1.82) is 0 Å². The predicted molar refractivity (Wildman–Crippen MR) is 86.7 cm³/mol. The topological polar surface area (TPSA) is 50.5 Å². The van der Waals surface area contributed by atoms with Crippen LogP contribution in [0.2, 0.25) is 0 Å². The summed E-state index contributed by atoms with van der Waals surface area (Å²) in [7, 11) is 3.53. The van der Waals surface area contributed by atoms with Crippen molar-refractivity contribution in [1.82, 2.24) is 19.5 Å². The Kier molecular flexibility index (Phi) is 4.11. The van der Waals surface area contributed by atoms with Gasteiger partial charge in [0, 0.05) is 20.3 Å². The minimum absolute atomic E-state index is 0.0314. The van der Waals surface area contributed by atoms with Crippen molar-refractivity contribution in [3.63, 3.8) is 0 Å². The summed E-state index contributed by atoms with van der Waals surface area (Å²) in [6.45, 7) is 0. The maximum Gasteiger partial charge on any atom is 0.240 e. The molecule has 5 nitrogen and oxygen atoms in total. The number of likely N-dealkylation sites (N-methyl/N-ethyl adjacent to an activating group) is 1. The summed E-state index contributed by atoms with van der Waals surface area (Å²) in [6, 6.07) is 15.5. The maximum atomic E-state index is 12.6. The number of pyridine rings is 1. The first-order valence-corrected chi connectivity index (χ1v) is 7.77. The van der Waals surface area contributed by atoms with Gasteiger partial charge in [0.1, 0.15) is 5.25 Å². The zero-order valence-corrected chi connectivity index (χ0v) is 13.2. The summed E-state index contributed by atoms with van der Waals surface area (Å²) in [5, 5.41) is 8.71. The van der Waals surface area contributed by atoms with E-state index in [0.717, 1.165) is 11.2 Å². The van der Waals surface area contributed by atoms with Crippen LogP contribution in [0.3, 0.4) is 0 Å². The molecule has 0 saturated heterocycles. The number of benzene rings is 1. The fourth-order valence-electron chi connectivity index (χ4n) is 2.13. The van der Waals surface area contributed by atoms with Crippen molar-refractivity contribution in [2.24, 2.45) is 0 Å². The second-order valence-corrected chi connectivity index (χ2v) is 6.12. The Hall–Kier alpha value is -2.34. The van der Waals surface area contributed by atoms with Gasteiger partial charge in [0.05, 0.1) is 0 Å². The smallest absolute Gasteiger partial charge is 0.240 e.